The minimum Gasteiger partial charge on any atom is -0.324 e. The van der Waals surface area contributed by atoms with Crippen molar-refractivity contribution in [1.82, 2.24) is 9.97 Å². The Morgan fingerprint density at radius 1 is 1.22 bits per heavy atom. The van der Waals surface area contributed by atoms with Gasteiger partial charge in [-0.15, -0.1) is 0 Å². The number of nitrogens with two attached hydrogens (primary N) is 1. The van der Waals surface area contributed by atoms with E-state index in [1.165, 1.54) is 5.56 Å². The molecular formula is C15H17N3. The van der Waals surface area contributed by atoms with Crippen LogP contribution in [-0.4, -0.2) is 9.97 Å². The molecule has 0 aliphatic heterocycles. The summed E-state index contributed by atoms with van der Waals surface area (Å²) in [6, 6.07) is 8.42. The molecule has 2 N–H and O–H groups in total. The van der Waals surface area contributed by atoms with Crippen LogP contribution < -0.4 is 5.73 Å². The minimum atomic E-state index is 0.112. The third kappa shape index (κ3) is 2.02. The van der Waals surface area contributed by atoms with Crippen LogP contribution in [0.2, 0.25) is 0 Å². The van der Waals surface area contributed by atoms with Crippen molar-refractivity contribution in [3.8, 4) is 11.4 Å². The van der Waals surface area contributed by atoms with Gasteiger partial charge in [0.1, 0.15) is 0 Å². The summed E-state index contributed by atoms with van der Waals surface area (Å²) in [6.07, 6.45) is 5.09. The fourth-order valence-electron chi connectivity index (χ4n) is 2.42. The van der Waals surface area contributed by atoms with Crippen molar-refractivity contribution in [3.05, 3.63) is 47.3 Å². The maximum atomic E-state index is 6.07. The van der Waals surface area contributed by atoms with Crippen LogP contribution in [0.15, 0.2) is 30.5 Å². The number of aromatic nitrogens is 2. The Labute approximate surface area is 107 Å². The number of hydrogen-bond donors (Lipinski definition) is 1. The summed E-state index contributed by atoms with van der Waals surface area (Å²) < 4.78 is 0. The van der Waals surface area contributed by atoms with E-state index in [1.54, 1.807) is 0 Å². The molecule has 3 rings (SSSR count). The fraction of sp³-hybridized carbons (Fsp3) is 0.333. The second-order valence-corrected chi connectivity index (χ2v) is 4.96. The summed E-state index contributed by atoms with van der Waals surface area (Å²) in [6.45, 7) is 2.08. The molecule has 1 atom stereocenters. The molecule has 0 saturated carbocycles. The van der Waals surface area contributed by atoms with Gasteiger partial charge in [-0.2, -0.15) is 0 Å². The van der Waals surface area contributed by atoms with Crippen LogP contribution in [0, 0.1) is 6.92 Å². The van der Waals surface area contributed by atoms with E-state index >= 15 is 0 Å². The van der Waals surface area contributed by atoms with Gasteiger partial charge in [-0.25, -0.2) is 9.97 Å². The summed E-state index contributed by atoms with van der Waals surface area (Å²) in [4.78, 5) is 9.12. The summed E-state index contributed by atoms with van der Waals surface area (Å²) in [7, 11) is 0. The van der Waals surface area contributed by atoms with E-state index in [2.05, 4.69) is 41.2 Å². The van der Waals surface area contributed by atoms with Gasteiger partial charge in [0, 0.05) is 29.1 Å². The third-order valence-electron chi connectivity index (χ3n) is 3.54. The molecular weight excluding hydrogens is 222 g/mol. The van der Waals surface area contributed by atoms with Crippen molar-refractivity contribution in [2.45, 2.75) is 32.2 Å². The number of benzene rings is 1. The van der Waals surface area contributed by atoms with E-state index < -0.39 is 0 Å². The molecule has 1 unspecified atom stereocenters. The minimum absolute atomic E-state index is 0.112. The maximum absolute atomic E-state index is 6.07. The number of fused-ring (bicyclic) bond motifs is 1. The van der Waals surface area contributed by atoms with Crippen molar-refractivity contribution in [3.63, 3.8) is 0 Å². The van der Waals surface area contributed by atoms with Crippen LogP contribution in [0.1, 0.15) is 35.7 Å². The smallest absolute Gasteiger partial charge is 0.159 e. The Morgan fingerprint density at radius 3 is 2.78 bits per heavy atom. The molecule has 3 heteroatoms. The Kier molecular flexibility index (Phi) is 2.84. The summed E-state index contributed by atoms with van der Waals surface area (Å²) >= 11 is 0. The van der Waals surface area contributed by atoms with E-state index in [9.17, 15) is 0 Å². The van der Waals surface area contributed by atoms with E-state index in [0.29, 0.717) is 0 Å². The molecule has 0 bridgehead atoms. The lowest BCUT2D eigenvalue weighted by atomic mass is 9.93. The van der Waals surface area contributed by atoms with Gasteiger partial charge in [0.2, 0.25) is 0 Å². The quantitative estimate of drug-likeness (QED) is 0.832. The second-order valence-electron chi connectivity index (χ2n) is 4.96. The van der Waals surface area contributed by atoms with E-state index in [4.69, 9.17) is 5.73 Å². The third-order valence-corrected chi connectivity index (χ3v) is 3.54. The van der Waals surface area contributed by atoms with Crippen molar-refractivity contribution in [2.24, 2.45) is 5.73 Å². The van der Waals surface area contributed by atoms with Crippen LogP contribution in [0.5, 0.6) is 0 Å². The molecule has 1 heterocycles. The number of nitrogens with zero attached hydrogens (tertiary/aromatic N) is 2. The molecule has 2 aromatic rings. The van der Waals surface area contributed by atoms with Crippen LogP contribution in [-0.2, 0) is 6.42 Å². The molecule has 1 aliphatic carbocycles. The van der Waals surface area contributed by atoms with Crippen LogP contribution >= 0.6 is 0 Å². The molecule has 0 saturated heterocycles. The topological polar surface area (TPSA) is 51.8 Å². The van der Waals surface area contributed by atoms with Crippen LogP contribution in [0.3, 0.4) is 0 Å². The summed E-state index contributed by atoms with van der Waals surface area (Å²) in [5.74, 6) is 0.808. The first kappa shape index (κ1) is 11.4. The van der Waals surface area contributed by atoms with Gasteiger partial charge < -0.3 is 5.73 Å². The van der Waals surface area contributed by atoms with E-state index in [0.717, 1.165) is 41.9 Å². The zero-order valence-electron chi connectivity index (χ0n) is 10.6. The highest BCUT2D eigenvalue weighted by Gasteiger charge is 2.19. The average molecular weight is 239 g/mol. The maximum Gasteiger partial charge on any atom is 0.159 e. The lowest BCUT2D eigenvalue weighted by Gasteiger charge is -2.21. The average Bonchev–Trinajstić information content (AvgIpc) is 2.39. The van der Waals surface area contributed by atoms with E-state index in [1.807, 2.05) is 6.20 Å². The predicted octanol–water partition coefficient (Wildman–Crippen LogP) is 2.79. The van der Waals surface area contributed by atoms with Crippen LogP contribution in [0.4, 0.5) is 0 Å². The first-order valence-corrected chi connectivity index (χ1v) is 6.42. The second kappa shape index (κ2) is 4.50. The molecule has 0 radical (unpaired) electrons. The zero-order chi connectivity index (χ0) is 12.5. The Hall–Kier alpha value is -1.74. The predicted molar refractivity (Wildman–Crippen MR) is 72.1 cm³/mol. The normalized spacial score (nSPS) is 18.4. The van der Waals surface area contributed by atoms with Gasteiger partial charge in [0.25, 0.3) is 0 Å². The molecule has 1 aliphatic rings. The largest absolute Gasteiger partial charge is 0.324 e. The molecule has 0 fully saturated rings. The van der Waals surface area contributed by atoms with Crippen LogP contribution in [0.25, 0.3) is 11.4 Å². The van der Waals surface area contributed by atoms with Crippen molar-refractivity contribution in [2.75, 3.05) is 0 Å². The highest BCUT2D eigenvalue weighted by molar-refractivity contribution is 5.55. The van der Waals surface area contributed by atoms with E-state index in [-0.39, 0.29) is 6.04 Å². The molecule has 1 aromatic carbocycles. The Bertz CT molecular complexity index is 560. The summed E-state index contributed by atoms with van der Waals surface area (Å²) in [5.41, 5.74) is 10.6. The highest BCUT2D eigenvalue weighted by Crippen LogP contribution is 2.27. The zero-order valence-corrected chi connectivity index (χ0v) is 10.6. The lowest BCUT2D eigenvalue weighted by molar-refractivity contribution is 0.557. The monoisotopic (exact) mass is 239 g/mol. The molecule has 3 nitrogen and oxygen atoms in total. The fourth-order valence-corrected chi connectivity index (χ4v) is 2.42. The van der Waals surface area contributed by atoms with Gasteiger partial charge in [-0.3, -0.25) is 0 Å². The molecule has 0 spiro atoms. The van der Waals surface area contributed by atoms with Gasteiger partial charge >= 0.3 is 0 Å². The molecule has 0 amide bonds. The van der Waals surface area contributed by atoms with Gasteiger partial charge in [-0.05, 0) is 26.2 Å². The van der Waals surface area contributed by atoms with Crippen molar-refractivity contribution in [1.29, 1.82) is 0 Å². The van der Waals surface area contributed by atoms with Gasteiger partial charge in [0.05, 0.1) is 0 Å². The van der Waals surface area contributed by atoms with Crippen molar-refractivity contribution < 1.29 is 0 Å². The van der Waals surface area contributed by atoms with Crippen molar-refractivity contribution >= 4 is 0 Å². The molecule has 1 aromatic heterocycles. The SMILES string of the molecule is Cc1ccc(-c2ncc3c(n2)CCCC3N)cc1. The Morgan fingerprint density at radius 2 is 2.00 bits per heavy atom. The van der Waals surface area contributed by atoms with Gasteiger partial charge in [0.15, 0.2) is 5.82 Å². The number of rotatable bonds is 1. The standard InChI is InChI=1S/C15H17N3/c1-10-5-7-11(8-6-10)15-17-9-12-13(16)3-2-4-14(12)18-15/h5-9,13H,2-4,16H2,1H3. The Balaban J connectivity index is 2.01. The van der Waals surface area contributed by atoms with Gasteiger partial charge in [-0.1, -0.05) is 29.8 Å². The summed E-state index contributed by atoms with van der Waals surface area (Å²) in [5, 5.41) is 0. The number of hydrogen-bond acceptors (Lipinski definition) is 3. The first-order chi connectivity index (χ1) is 8.74. The molecule has 18 heavy (non-hydrogen) atoms. The number of aryl methyl sites for hydroxylation is 2. The molecule has 92 valence electrons. The highest BCUT2D eigenvalue weighted by atomic mass is 14.9. The first-order valence-electron chi connectivity index (χ1n) is 6.42. The lowest BCUT2D eigenvalue weighted by Crippen LogP contribution is -2.19.